The third-order valence-corrected chi connectivity index (χ3v) is 3.60. The number of benzene rings is 1. The van der Waals surface area contributed by atoms with Gasteiger partial charge in [0.25, 0.3) is 5.91 Å². The average Bonchev–Trinajstić information content (AvgIpc) is 2.43. The molecule has 120 valence electrons. The van der Waals surface area contributed by atoms with Gasteiger partial charge in [0.15, 0.2) is 5.11 Å². The molecule has 0 aromatic heterocycles. The van der Waals surface area contributed by atoms with E-state index < -0.39 is 0 Å². The molecule has 0 aliphatic rings. The van der Waals surface area contributed by atoms with Crippen LogP contribution < -0.4 is 20.9 Å². The first kappa shape index (κ1) is 18.6. The lowest BCUT2D eigenvalue weighted by Gasteiger charge is -2.12. The van der Waals surface area contributed by atoms with Crippen molar-refractivity contribution in [1.82, 2.24) is 16.2 Å². The minimum Gasteiger partial charge on any atom is -0.496 e. The van der Waals surface area contributed by atoms with Crippen molar-refractivity contribution in [1.29, 1.82) is 0 Å². The fourth-order valence-corrected chi connectivity index (χ4v) is 2.47. The van der Waals surface area contributed by atoms with Crippen LogP contribution in [0.25, 0.3) is 0 Å². The summed E-state index contributed by atoms with van der Waals surface area (Å²) < 4.78 is 5.95. The Morgan fingerprint density at radius 3 is 2.55 bits per heavy atom. The quantitative estimate of drug-likeness (QED) is 0.383. The van der Waals surface area contributed by atoms with E-state index in [-0.39, 0.29) is 22.8 Å². The molecule has 0 spiro atoms. The molecule has 8 heteroatoms. The van der Waals surface area contributed by atoms with Gasteiger partial charge in [-0.05, 0) is 58.9 Å². The van der Waals surface area contributed by atoms with Crippen molar-refractivity contribution in [3.05, 3.63) is 27.3 Å². The molecule has 2 amide bonds. The second-order valence-corrected chi connectivity index (χ2v) is 6.47. The lowest BCUT2D eigenvalue weighted by atomic mass is 10.1. The van der Waals surface area contributed by atoms with Gasteiger partial charge in [0, 0.05) is 12.0 Å². The first-order valence-corrected chi connectivity index (χ1v) is 8.06. The number of carbonyl (C=O) groups excluding carboxylic acids is 2. The average molecular weight is 435 g/mol. The van der Waals surface area contributed by atoms with Gasteiger partial charge in [-0.3, -0.25) is 20.4 Å². The fourth-order valence-electron chi connectivity index (χ4n) is 1.57. The molecule has 3 N–H and O–H groups in total. The third-order valence-electron chi connectivity index (χ3n) is 2.55. The van der Waals surface area contributed by atoms with Gasteiger partial charge in [-0.25, -0.2) is 0 Å². The van der Waals surface area contributed by atoms with Crippen LogP contribution in [-0.4, -0.2) is 24.0 Å². The van der Waals surface area contributed by atoms with E-state index in [2.05, 4.69) is 38.8 Å². The van der Waals surface area contributed by atoms with Crippen LogP contribution in [0.1, 0.15) is 30.6 Å². The molecule has 0 aliphatic carbocycles. The van der Waals surface area contributed by atoms with Crippen molar-refractivity contribution in [3.8, 4) is 5.75 Å². The fraction of sp³-hybridized carbons (Fsp3) is 0.357. The number of hydrazine groups is 1. The first-order chi connectivity index (χ1) is 10.3. The number of hydrogen-bond acceptors (Lipinski definition) is 4. The maximum absolute atomic E-state index is 12.0. The molecule has 0 unspecified atom stereocenters. The highest BCUT2D eigenvalue weighted by atomic mass is 127. The SMILES string of the molecule is COc1ccc(C(=O)NNC(=S)NC(=O)CC(C)C)cc1I. The lowest BCUT2D eigenvalue weighted by Crippen LogP contribution is -2.48. The summed E-state index contributed by atoms with van der Waals surface area (Å²) >= 11 is 7.02. The van der Waals surface area contributed by atoms with Gasteiger partial charge in [0.1, 0.15) is 5.75 Å². The Bertz CT molecular complexity index is 578. The zero-order valence-electron chi connectivity index (χ0n) is 12.5. The number of ether oxygens (including phenoxy) is 1. The van der Waals surface area contributed by atoms with E-state index in [1.807, 2.05) is 13.8 Å². The number of hydrogen-bond donors (Lipinski definition) is 3. The van der Waals surface area contributed by atoms with Crippen LogP contribution in [-0.2, 0) is 4.79 Å². The van der Waals surface area contributed by atoms with Gasteiger partial charge in [-0.2, -0.15) is 0 Å². The molecule has 0 bridgehead atoms. The van der Waals surface area contributed by atoms with Crippen molar-refractivity contribution in [3.63, 3.8) is 0 Å². The van der Waals surface area contributed by atoms with Gasteiger partial charge >= 0.3 is 0 Å². The van der Waals surface area contributed by atoms with Crippen molar-refractivity contribution in [2.45, 2.75) is 20.3 Å². The Morgan fingerprint density at radius 1 is 1.32 bits per heavy atom. The Kier molecular flexibility index (Phi) is 7.52. The Balaban J connectivity index is 2.50. The zero-order valence-corrected chi connectivity index (χ0v) is 15.5. The molecule has 0 saturated carbocycles. The molecular weight excluding hydrogens is 417 g/mol. The van der Waals surface area contributed by atoms with Crippen LogP contribution in [0.4, 0.5) is 0 Å². The second kappa shape index (κ2) is 8.89. The Morgan fingerprint density at radius 2 is 2.00 bits per heavy atom. The number of amides is 2. The van der Waals surface area contributed by atoms with Gasteiger partial charge in [0.05, 0.1) is 10.7 Å². The molecule has 0 saturated heterocycles. The van der Waals surface area contributed by atoms with E-state index in [4.69, 9.17) is 17.0 Å². The molecule has 0 radical (unpaired) electrons. The zero-order chi connectivity index (χ0) is 16.7. The van der Waals surface area contributed by atoms with Crippen LogP contribution >= 0.6 is 34.8 Å². The molecular formula is C14H18IN3O3S. The maximum Gasteiger partial charge on any atom is 0.269 e. The summed E-state index contributed by atoms with van der Waals surface area (Å²) in [5.41, 5.74) is 5.39. The van der Waals surface area contributed by atoms with Crippen LogP contribution in [0.5, 0.6) is 5.75 Å². The van der Waals surface area contributed by atoms with Gasteiger partial charge in [-0.15, -0.1) is 0 Å². The van der Waals surface area contributed by atoms with E-state index >= 15 is 0 Å². The number of thiocarbonyl (C=S) groups is 1. The summed E-state index contributed by atoms with van der Waals surface area (Å²) in [5, 5.41) is 2.55. The highest BCUT2D eigenvalue weighted by Crippen LogP contribution is 2.21. The van der Waals surface area contributed by atoms with E-state index in [0.717, 1.165) is 3.57 Å². The van der Waals surface area contributed by atoms with E-state index in [1.54, 1.807) is 25.3 Å². The number of halogens is 1. The molecule has 1 rings (SSSR count). The van der Waals surface area contributed by atoms with Crippen LogP contribution in [0, 0.1) is 9.49 Å². The molecule has 1 aromatic rings. The van der Waals surface area contributed by atoms with Crippen LogP contribution in [0.15, 0.2) is 18.2 Å². The molecule has 22 heavy (non-hydrogen) atoms. The van der Waals surface area contributed by atoms with Crippen molar-refractivity contribution < 1.29 is 14.3 Å². The minimum absolute atomic E-state index is 0.0576. The van der Waals surface area contributed by atoms with E-state index in [9.17, 15) is 9.59 Å². The van der Waals surface area contributed by atoms with E-state index in [0.29, 0.717) is 17.7 Å². The summed E-state index contributed by atoms with van der Waals surface area (Å²) in [6.45, 7) is 3.87. The number of nitrogens with one attached hydrogen (secondary N) is 3. The van der Waals surface area contributed by atoms with Crippen molar-refractivity contribution >= 4 is 51.7 Å². The van der Waals surface area contributed by atoms with E-state index in [1.165, 1.54) is 0 Å². The summed E-state index contributed by atoms with van der Waals surface area (Å²) in [5.74, 6) is 0.377. The summed E-state index contributed by atoms with van der Waals surface area (Å²) in [6.07, 6.45) is 0.368. The topological polar surface area (TPSA) is 79.5 Å². The second-order valence-electron chi connectivity index (χ2n) is 4.90. The normalized spacial score (nSPS) is 10.0. The van der Waals surface area contributed by atoms with Crippen molar-refractivity contribution in [2.24, 2.45) is 5.92 Å². The lowest BCUT2D eigenvalue weighted by molar-refractivity contribution is -0.120. The van der Waals surface area contributed by atoms with Crippen LogP contribution in [0.3, 0.4) is 0 Å². The largest absolute Gasteiger partial charge is 0.496 e. The maximum atomic E-state index is 12.0. The number of carbonyl (C=O) groups is 2. The highest BCUT2D eigenvalue weighted by Gasteiger charge is 2.10. The molecule has 0 fully saturated rings. The molecule has 0 atom stereocenters. The summed E-state index contributed by atoms with van der Waals surface area (Å²) in [4.78, 5) is 23.5. The highest BCUT2D eigenvalue weighted by molar-refractivity contribution is 14.1. The monoisotopic (exact) mass is 435 g/mol. The molecule has 6 nitrogen and oxygen atoms in total. The standard InChI is InChI=1S/C14H18IN3O3S/c1-8(2)6-12(19)16-14(22)18-17-13(20)9-4-5-11(21-3)10(15)7-9/h4-5,7-8H,6H2,1-3H3,(H,17,20)(H2,16,18,19,22). The number of rotatable bonds is 4. The number of methoxy groups -OCH3 is 1. The van der Waals surface area contributed by atoms with Gasteiger partial charge in [0.2, 0.25) is 5.91 Å². The summed E-state index contributed by atoms with van der Waals surface area (Å²) in [6, 6.07) is 5.04. The first-order valence-electron chi connectivity index (χ1n) is 6.57. The minimum atomic E-state index is -0.360. The Hall–Kier alpha value is -1.42. The Labute approximate surface area is 148 Å². The van der Waals surface area contributed by atoms with Crippen LogP contribution in [0.2, 0.25) is 0 Å². The van der Waals surface area contributed by atoms with Gasteiger partial charge in [-0.1, -0.05) is 13.8 Å². The van der Waals surface area contributed by atoms with Gasteiger partial charge < -0.3 is 10.1 Å². The smallest absolute Gasteiger partial charge is 0.269 e. The van der Waals surface area contributed by atoms with Crippen molar-refractivity contribution in [2.75, 3.05) is 7.11 Å². The molecule has 1 aromatic carbocycles. The molecule has 0 aliphatic heterocycles. The third kappa shape index (κ3) is 6.14. The predicted molar refractivity (Wildman–Crippen MR) is 96.5 cm³/mol. The molecule has 0 heterocycles. The predicted octanol–water partition coefficient (Wildman–Crippen LogP) is 1.98. The summed E-state index contributed by atoms with van der Waals surface area (Å²) in [7, 11) is 1.57.